The molecule has 6 N–H and O–H groups in total. The quantitative estimate of drug-likeness (QED) is 0.0253. The number of hydrogen-bond acceptors (Lipinski definition) is 13. The van der Waals surface area contributed by atoms with Gasteiger partial charge in [-0.05, 0) is 92.4 Å². The Bertz CT molecular complexity index is 2700. The average Bonchev–Trinajstić information content (AvgIpc) is 3.78. The number of non-ortho nitro benzene ring substituents is 1. The number of carbonyl (C=O) groups is 6. The highest BCUT2D eigenvalue weighted by Crippen LogP contribution is 2.25. The number of urea groups is 1. The van der Waals surface area contributed by atoms with Crippen molar-refractivity contribution in [2.75, 3.05) is 40.4 Å². The maximum Gasteiger partial charge on any atom is 0.409 e. The molecule has 0 aliphatic carbocycles. The first kappa shape index (κ1) is 68.1. The summed E-state index contributed by atoms with van der Waals surface area (Å²) in [5, 5.41) is 34.7. The van der Waals surface area contributed by atoms with Crippen LogP contribution in [0.2, 0.25) is 10.0 Å². The number of nitrogens with two attached hydrogens (primary N) is 1. The van der Waals surface area contributed by atoms with Gasteiger partial charge in [0.15, 0.2) is 0 Å². The SMILES string of the molecule is CN(C(=O)NCc1cccc(F)c1Cl)[C@H](CO)CCCN1C(=O)c2ccccc2C1=O.CN[C@H](CO)CCCN1C(=O)c2ccccc2C1=O.Cl.NCc1cccc(F)c1Cl.O=C(Cl)Oc1ccc([N+](=O)[O-])cc1.S.S. The van der Waals surface area contributed by atoms with Crippen molar-refractivity contribution in [3.63, 3.8) is 0 Å². The van der Waals surface area contributed by atoms with Crippen LogP contribution in [0.25, 0.3) is 0 Å². The summed E-state index contributed by atoms with van der Waals surface area (Å²) < 4.78 is 30.5. The maximum absolute atomic E-state index is 13.5. The molecule has 0 saturated carbocycles. The number of imide groups is 2. The lowest BCUT2D eigenvalue weighted by Crippen LogP contribution is -2.45. The van der Waals surface area contributed by atoms with Gasteiger partial charge in [-0.25, -0.2) is 18.4 Å². The number of likely N-dealkylation sites (N-methyl/N-ethyl adjacent to an activating group) is 2. The summed E-state index contributed by atoms with van der Waals surface area (Å²) in [6, 6.07) is 26.5. The Kier molecular flexibility index (Phi) is 30.4. The maximum atomic E-state index is 13.5. The van der Waals surface area contributed by atoms with Gasteiger partial charge in [0.2, 0.25) is 0 Å². The van der Waals surface area contributed by atoms with Crippen LogP contribution in [0.1, 0.15) is 78.2 Å². The number of rotatable bonds is 17. The number of nitro groups is 1. The monoisotopic (exact) mass is 1170 g/mol. The van der Waals surface area contributed by atoms with Gasteiger partial charge in [-0.2, -0.15) is 27.0 Å². The van der Waals surface area contributed by atoms with E-state index < -0.39 is 34.1 Å². The van der Waals surface area contributed by atoms with Crippen molar-refractivity contribution in [2.45, 2.75) is 50.9 Å². The number of ether oxygens (including phenoxy) is 1. The molecule has 18 nitrogen and oxygen atoms in total. The third-order valence-electron chi connectivity index (χ3n) is 11.3. The van der Waals surface area contributed by atoms with Gasteiger partial charge in [0, 0.05) is 63.0 Å². The smallest absolute Gasteiger partial charge is 0.409 e. The fourth-order valence-electron chi connectivity index (χ4n) is 7.18. The minimum atomic E-state index is -0.978. The lowest BCUT2D eigenvalue weighted by atomic mass is 10.1. The van der Waals surface area contributed by atoms with Crippen LogP contribution in [-0.4, -0.2) is 117 Å². The molecule has 2 aliphatic heterocycles. The number of amides is 6. The van der Waals surface area contributed by atoms with Crippen LogP contribution in [0.15, 0.2) is 109 Å². The van der Waals surface area contributed by atoms with Gasteiger partial charge < -0.3 is 36.2 Å². The van der Waals surface area contributed by atoms with Crippen molar-refractivity contribution in [2.24, 2.45) is 5.73 Å². The molecule has 0 spiro atoms. The van der Waals surface area contributed by atoms with Crippen molar-refractivity contribution >= 4 is 115 Å². The van der Waals surface area contributed by atoms with Crippen LogP contribution in [0.4, 0.5) is 24.1 Å². The molecule has 7 rings (SSSR count). The van der Waals surface area contributed by atoms with E-state index in [9.17, 15) is 52.8 Å². The zero-order valence-electron chi connectivity index (χ0n) is 40.9. The van der Waals surface area contributed by atoms with Crippen molar-refractivity contribution in [3.8, 4) is 5.75 Å². The molecule has 5 aromatic rings. The van der Waals surface area contributed by atoms with E-state index in [1.807, 2.05) is 0 Å². The molecule has 5 aromatic carbocycles. The number of carbonyl (C=O) groups excluding carboxylic acids is 6. The van der Waals surface area contributed by atoms with Gasteiger partial charge in [0.1, 0.15) is 17.4 Å². The molecule has 0 bridgehead atoms. The number of hydrogen-bond donors (Lipinski definition) is 5. The van der Waals surface area contributed by atoms with E-state index in [1.54, 1.807) is 73.8 Å². The number of fused-ring (bicyclic) bond motifs is 2. The lowest BCUT2D eigenvalue weighted by Gasteiger charge is -2.27. The average molecular weight is 1180 g/mol. The molecule has 0 aromatic heterocycles. The molecule has 0 radical (unpaired) electrons. The Labute approximate surface area is 472 Å². The fourth-order valence-corrected chi connectivity index (χ4v) is 7.67. The summed E-state index contributed by atoms with van der Waals surface area (Å²) in [4.78, 5) is 85.1. The largest absolute Gasteiger partial charge is 0.414 e. The molecular weight excluding hydrogens is 1120 g/mol. The topological polar surface area (TPSA) is 255 Å². The first-order valence-electron chi connectivity index (χ1n) is 22.4. The number of benzene rings is 5. The summed E-state index contributed by atoms with van der Waals surface area (Å²) in [5.41, 5.74) is 7.04. The molecule has 2 aliphatic rings. The molecule has 76 heavy (non-hydrogen) atoms. The normalized spacial score (nSPS) is 12.5. The Hall–Kier alpha value is -5.92. The predicted octanol–water partition coefficient (Wildman–Crippen LogP) is 8.62. The second-order valence-corrected chi connectivity index (χ2v) is 17.0. The number of halogens is 6. The molecule has 6 amide bonds. The zero-order chi connectivity index (χ0) is 53.8. The molecule has 0 unspecified atom stereocenters. The van der Waals surface area contributed by atoms with E-state index in [0.717, 1.165) is 6.42 Å². The van der Waals surface area contributed by atoms with E-state index in [4.69, 9.17) is 45.6 Å². The second-order valence-electron chi connectivity index (χ2n) is 15.9. The van der Waals surface area contributed by atoms with E-state index in [-0.39, 0.29) is 123 Å². The van der Waals surface area contributed by atoms with E-state index in [1.165, 1.54) is 64.2 Å². The Morgan fingerprint density at radius 2 is 1.16 bits per heavy atom. The number of aliphatic hydroxyl groups is 2. The minimum absolute atomic E-state index is 0. The number of nitro benzene ring substituents is 1. The summed E-state index contributed by atoms with van der Waals surface area (Å²) >= 11 is 16.4. The Balaban J connectivity index is 0.000000548. The standard InChI is InChI=1S/C22H23ClFN3O4.C14H18N2O3.C7H7ClFN.C7H4ClNO4.ClH.2H2S/c1-26(22(31)25-12-14-6-4-10-18(24)19(14)23)15(13-28)7-5-11-27-20(29)16-8-2-3-9-17(16)21(27)30;1-15-10(9-17)5-4-8-16-13(18)11-6-2-3-7-12(11)14(16)19;8-7-5(4-10)2-1-3-6(7)9;8-7(10)13-6-3-1-5(2-4-6)9(11)12;;;/h2-4,6,8-10,15,28H,5,7,11-13H2,1H3,(H,25,31);2-3,6-7,10,15,17H,4-5,8-9H2,1H3;1-3H,4,10H2;1-4H;1H;2*1H2/t15-;10-;;;;;/m00...../s1. The van der Waals surface area contributed by atoms with Crippen LogP contribution < -0.4 is 21.1 Å². The molecule has 2 heterocycles. The highest BCUT2D eigenvalue weighted by Gasteiger charge is 2.36. The first-order chi connectivity index (χ1) is 34.9. The van der Waals surface area contributed by atoms with E-state index in [2.05, 4.69) is 15.4 Å². The van der Waals surface area contributed by atoms with Gasteiger partial charge in [-0.3, -0.25) is 39.1 Å². The highest BCUT2D eigenvalue weighted by atomic mass is 35.5. The van der Waals surface area contributed by atoms with Crippen molar-refractivity contribution < 1.29 is 57.4 Å². The van der Waals surface area contributed by atoms with Gasteiger partial charge in [-0.15, -0.1) is 12.4 Å². The molecule has 2 atom stereocenters. The van der Waals surface area contributed by atoms with Gasteiger partial charge in [0.05, 0.1) is 56.5 Å². The summed E-state index contributed by atoms with van der Waals surface area (Å²) in [6.45, 7) is 0.663. The second kappa shape index (κ2) is 34.0. The van der Waals surface area contributed by atoms with Crippen molar-refractivity contribution in [1.29, 1.82) is 0 Å². The number of nitrogens with one attached hydrogen (secondary N) is 2. The van der Waals surface area contributed by atoms with Crippen LogP contribution in [0.3, 0.4) is 0 Å². The van der Waals surface area contributed by atoms with Crippen LogP contribution in [-0.2, 0) is 13.1 Å². The van der Waals surface area contributed by atoms with Crippen LogP contribution in [0.5, 0.6) is 5.75 Å². The van der Waals surface area contributed by atoms with Crippen LogP contribution in [0, 0.1) is 21.7 Å². The third kappa shape index (κ3) is 19.0. The molecular formula is C50H57Cl4F2N7O11S2. The Morgan fingerprint density at radius 1 is 0.724 bits per heavy atom. The van der Waals surface area contributed by atoms with Gasteiger partial charge in [0.25, 0.3) is 29.3 Å². The number of nitrogens with zero attached hydrogens (tertiary/aromatic N) is 4. The fraction of sp³-hybridized carbons (Fsp3) is 0.280. The third-order valence-corrected chi connectivity index (χ3v) is 12.2. The molecule has 412 valence electrons. The predicted molar refractivity (Wildman–Crippen MR) is 297 cm³/mol. The minimum Gasteiger partial charge on any atom is -0.414 e. The zero-order valence-corrected chi connectivity index (χ0v) is 45.9. The lowest BCUT2D eigenvalue weighted by molar-refractivity contribution is -0.384. The summed E-state index contributed by atoms with van der Waals surface area (Å²) in [6.07, 6.45) is 2.20. The first-order valence-corrected chi connectivity index (χ1v) is 23.5. The van der Waals surface area contributed by atoms with E-state index in [0.29, 0.717) is 59.2 Å². The number of aliphatic hydroxyl groups excluding tert-OH is 2. The van der Waals surface area contributed by atoms with Gasteiger partial charge >= 0.3 is 11.5 Å². The van der Waals surface area contributed by atoms with Crippen molar-refractivity contribution in [1.82, 2.24) is 25.3 Å². The molecule has 0 fully saturated rings. The van der Waals surface area contributed by atoms with E-state index >= 15 is 0 Å². The van der Waals surface area contributed by atoms with Gasteiger partial charge in [-0.1, -0.05) is 71.7 Å². The highest BCUT2D eigenvalue weighted by molar-refractivity contribution is 7.59. The molecule has 0 saturated heterocycles. The van der Waals surface area contributed by atoms with Crippen molar-refractivity contribution in [3.05, 3.63) is 174 Å². The summed E-state index contributed by atoms with van der Waals surface area (Å²) in [7, 11) is 3.31. The summed E-state index contributed by atoms with van der Waals surface area (Å²) in [5.74, 6) is -1.91. The van der Waals surface area contributed by atoms with Crippen LogP contribution >= 0.6 is 74.2 Å². The Morgan fingerprint density at radius 3 is 1.54 bits per heavy atom. The molecule has 26 heteroatoms.